The second-order valence-electron chi connectivity index (χ2n) is 7.22. The Morgan fingerprint density at radius 3 is 2.77 bits per heavy atom. The predicted molar refractivity (Wildman–Crippen MR) is 99.8 cm³/mol. The first-order valence-electron chi connectivity index (χ1n) is 9.07. The number of nitrogens with zero attached hydrogens (tertiary/aromatic N) is 2. The lowest BCUT2D eigenvalue weighted by Crippen LogP contribution is -2.30. The first kappa shape index (κ1) is 18.4. The average Bonchev–Trinajstić information content (AvgIpc) is 2.96. The predicted octanol–water partition coefficient (Wildman–Crippen LogP) is 2.52. The van der Waals surface area contributed by atoms with Gasteiger partial charge in [-0.15, -0.1) is 0 Å². The summed E-state index contributed by atoms with van der Waals surface area (Å²) in [6.07, 6.45) is 2.03. The van der Waals surface area contributed by atoms with Gasteiger partial charge in [0.25, 0.3) is 5.91 Å². The summed E-state index contributed by atoms with van der Waals surface area (Å²) in [5.41, 5.74) is 0.969. The molecule has 140 valence electrons. The van der Waals surface area contributed by atoms with Crippen molar-refractivity contribution in [1.82, 2.24) is 15.1 Å². The fourth-order valence-corrected chi connectivity index (χ4v) is 3.27. The maximum Gasteiger partial charge on any atom is 0.349 e. The van der Waals surface area contributed by atoms with Gasteiger partial charge >= 0.3 is 5.63 Å². The smallest absolute Gasteiger partial charge is 0.349 e. The molecule has 7 nitrogen and oxygen atoms in total. The van der Waals surface area contributed by atoms with E-state index < -0.39 is 11.5 Å². The largest absolute Gasteiger partial charge is 0.427 e. The Hall–Kier alpha value is -2.41. The number of nitrogens with one attached hydrogen (secondary N) is 2. The van der Waals surface area contributed by atoms with Crippen LogP contribution in [0.5, 0.6) is 0 Å². The monoisotopic (exact) mass is 358 g/mol. The number of piperidine rings is 1. The zero-order valence-electron chi connectivity index (χ0n) is 15.8. The maximum atomic E-state index is 12.7. The number of aryl methyl sites for hydroxylation is 2. The molecule has 1 aliphatic heterocycles. The van der Waals surface area contributed by atoms with E-state index in [0.29, 0.717) is 17.1 Å². The third-order valence-electron chi connectivity index (χ3n) is 4.83. The van der Waals surface area contributed by atoms with Gasteiger partial charge in [0.05, 0.1) is 5.69 Å². The van der Waals surface area contributed by atoms with E-state index in [1.807, 2.05) is 26.0 Å². The fourth-order valence-electron chi connectivity index (χ4n) is 3.27. The van der Waals surface area contributed by atoms with Crippen LogP contribution in [-0.2, 0) is 7.05 Å². The van der Waals surface area contributed by atoms with Crippen LogP contribution in [0.3, 0.4) is 0 Å². The first-order chi connectivity index (χ1) is 12.4. The lowest BCUT2D eigenvalue weighted by molar-refractivity contribution is 0.102. The van der Waals surface area contributed by atoms with Crippen LogP contribution in [0.2, 0.25) is 0 Å². The van der Waals surface area contributed by atoms with Crippen molar-refractivity contribution in [3.8, 4) is 0 Å². The van der Waals surface area contributed by atoms with Crippen molar-refractivity contribution >= 4 is 11.7 Å². The zero-order chi connectivity index (χ0) is 18.8. The third kappa shape index (κ3) is 3.72. The SMILES string of the molecule is Cc1cc(C2CCCNC2)oc(=O)c1C(=O)Nc1cc(C(C)C)nn1C. The molecule has 2 aromatic heterocycles. The number of carbonyl (C=O) groups is 1. The summed E-state index contributed by atoms with van der Waals surface area (Å²) in [5.74, 6) is 1.17. The van der Waals surface area contributed by atoms with Crippen molar-refractivity contribution < 1.29 is 9.21 Å². The summed E-state index contributed by atoms with van der Waals surface area (Å²) < 4.78 is 7.09. The summed E-state index contributed by atoms with van der Waals surface area (Å²) >= 11 is 0. The molecule has 0 aromatic carbocycles. The third-order valence-corrected chi connectivity index (χ3v) is 4.83. The molecular formula is C19H26N4O3. The standard InChI is InChI=1S/C19H26N4O3/c1-11(2)14-9-16(23(4)22-14)21-18(24)17-12(3)8-15(26-19(17)25)13-6-5-7-20-10-13/h8-9,11,13,20H,5-7,10H2,1-4H3,(H,21,24). The van der Waals surface area contributed by atoms with Crippen LogP contribution < -0.4 is 16.3 Å². The maximum absolute atomic E-state index is 12.7. The second kappa shape index (κ2) is 7.45. The highest BCUT2D eigenvalue weighted by Crippen LogP contribution is 2.24. The van der Waals surface area contributed by atoms with E-state index in [2.05, 4.69) is 15.7 Å². The summed E-state index contributed by atoms with van der Waals surface area (Å²) in [4.78, 5) is 25.1. The van der Waals surface area contributed by atoms with E-state index in [1.54, 1.807) is 18.7 Å². The highest BCUT2D eigenvalue weighted by atomic mass is 16.4. The van der Waals surface area contributed by atoms with E-state index in [4.69, 9.17) is 4.42 Å². The van der Waals surface area contributed by atoms with Gasteiger partial charge in [0.15, 0.2) is 0 Å². The number of aromatic nitrogens is 2. The molecule has 7 heteroatoms. The Bertz CT molecular complexity index is 860. The van der Waals surface area contributed by atoms with Crippen LogP contribution in [0.1, 0.15) is 65.9 Å². The molecule has 3 heterocycles. The van der Waals surface area contributed by atoms with E-state index in [0.717, 1.165) is 31.6 Å². The minimum Gasteiger partial charge on any atom is -0.427 e. The molecule has 1 amide bonds. The number of rotatable bonds is 4. The van der Waals surface area contributed by atoms with Crippen LogP contribution in [0.25, 0.3) is 0 Å². The van der Waals surface area contributed by atoms with Gasteiger partial charge in [0, 0.05) is 25.6 Å². The zero-order valence-corrected chi connectivity index (χ0v) is 15.8. The number of amides is 1. The van der Waals surface area contributed by atoms with Crippen LogP contribution in [0, 0.1) is 6.92 Å². The van der Waals surface area contributed by atoms with Gasteiger partial charge in [-0.3, -0.25) is 9.48 Å². The molecule has 3 rings (SSSR count). The molecule has 1 atom stereocenters. The van der Waals surface area contributed by atoms with Crippen molar-refractivity contribution in [2.24, 2.45) is 7.05 Å². The number of carbonyl (C=O) groups excluding carboxylic acids is 1. The quantitative estimate of drug-likeness (QED) is 0.877. The van der Waals surface area contributed by atoms with E-state index in [9.17, 15) is 9.59 Å². The summed E-state index contributed by atoms with van der Waals surface area (Å²) in [7, 11) is 1.76. The molecule has 1 aliphatic rings. The first-order valence-corrected chi connectivity index (χ1v) is 9.07. The molecule has 1 unspecified atom stereocenters. The van der Waals surface area contributed by atoms with Crippen LogP contribution in [0.4, 0.5) is 5.82 Å². The molecule has 0 radical (unpaired) electrons. The van der Waals surface area contributed by atoms with Crippen molar-refractivity contribution in [2.75, 3.05) is 18.4 Å². The summed E-state index contributed by atoms with van der Waals surface area (Å²) in [5, 5.41) is 10.5. The molecule has 2 aromatic rings. The fraction of sp³-hybridized carbons (Fsp3) is 0.526. The molecule has 1 saturated heterocycles. The van der Waals surface area contributed by atoms with E-state index in [-0.39, 0.29) is 17.4 Å². The molecular weight excluding hydrogens is 332 g/mol. The van der Waals surface area contributed by atoms with Crippen molar-refractivity contribution in [3.05, 3.63) is 45.1 Å². The van der Waals surface area contributed by atoms with Crippen LogP contribution in [0.15, 0.2) is 21.3 Å². The van der Waals surface area contributed by atoms with Gasteiger partial charge in [-0.25, -0.2) is 4.79 Å². The van der Waals surface area contributed by atoms with Gasteiger partial charge in [0.2, 0.25) is 0 Å². The van der Waals surface area contributed by atoms with E-state index in [1.165, 1.54) is 0 Å². The summed E-state index contributed by atoms with van der Waals surface area (Å²) in [6, 6.07) is 3.64. The van der Waals surface area contributed by atoms with Crippen molar-refractivity contribution in [1.29, 1.82) is 0 Å². The van der Waals surface area contributed by atoms with Crippen LogP contribution >= 0.6 is 0 Å². The number of anilines is 1. The van der Waals surface area contributed by atoms with Gasteiger partial charge in [-0.05, 0) is 43.9 Å². The van der Waals surface area contributed by atoms with Gasteiger partial charge in [-0.1, -0.05) is 13.8 Å². The molecule has 0 aliphatic carbocycles. The Labute approximate surface area is 152 Å². The molecule has 0 spiro atoms. The molecule has 2 N–H and O–H groups in total. The molecule has 0 saturated carbocycles. The minimum absolute atomic E-state index is 0.0461. The number of hydrogen-bond donors (Lipinski definition) is 2. The highest BCUT2D eigenvalue weighted by molar-refractivity contribution is 6.04. The topological polar surface area (TPSA) is 89.2 Å². The van der Waals surface area contributed by atoms with Crippen molar-refractivity contribution in [3.63, 3.8) is 0 Å². The minimum atomic E-state index is -0.589. The van der Waals surface area contributed by atoms with E-state index >= 15 is 0 Å². The van der Waals surface area contributed by atoms with Gasteiger partial charge in [0.1, 0.15) is 17.1 Å². The van der Waals surface area contributed by atoms with Crippen LogP contribution in [-0.4, -0.2) is 28.8 Å². The Morgan fingerprint density at radius 2 is 2.19 bits per heavy atom. The lowest BCUT2D eigenvalue weighted by Gasteiger charge is -2.22. The van der Waals surface area contributed by atoms with Gasteiger partial charge in [-0.2, -0.15) is 5.10 Å². The molecule has 0 bridgehead atoms. The Kier molecular flexibility index (Phi) is 5.27. The normalized spacial score (nSPS) is 17.5. The Morgan fingerprint density at radius 1 is 1.42 bits per heavy atom. The Balaban J connectivity index is 1.84. The average molecular weight is 358 g/mol. The lowest BCUT2D eigenvalue weighted by atomic mass is 9.95. The summed E-state index contributed by atoms with van der Waals surface area (Å²) in [6.45, 7) is 7.62. The number of hydrogen-bond acceptors (Lipinski definition) is 5. The molecule has 1 fully saturated rings. The second-order valence-corrected chi connectivity index (χ2v) is 7.22. The molecule has 26 heavy (non-hydrogen) atoms. The van der Waals surface area contributed by atoms with Crippen molar-refractivity contribution in [2.45, 2.75) is 45.4 Å². The van der Waals surface area contributed by atoms with Gasteiger partial charge < -0.3 is 15.1 Å². The highest BCUT2D eigenvalue weighted by Gasteiger charge is 2.23.